The molecule has 2 heterocycles. The van der Waals surface area contributed by atoms with Crippen LogP contribution in [0.4, 0.5) is 13.2 Å². The van der Waals surface area contributed by atoms with Gasteiger partial charge in [-0.1, -0.05) is 42.5 Å². The summed E-state index contributed by atoms with van der Waals surface area (Å²) in [6.07, 6.45) is -4.40. The number of thiazole rings is 1. The smallest absolute Gasteiger partial charge is 0.265 e. The van der Waals surface area contributed by atoms with Crippen LogP contribution in [0.25, 0.3) is 21.5 Å². The monoisotopic (exact) mass is 401 g/mol. The molecule has 8 heteroatoms. The maximum atomic E-state index is 12.8. The summed E-state index contributed by atoms with van der Waals surface area (Å²) in [4.78, 5) is 17.2. The number of aryl methyl sites for hydroxylation is 1. The second-order valence-electron chi connectivity index (χ2n) is 6.28. The fourth-order valence-corrected chi connectivity index (χ4v) is 3.85. The Bertz CT molecular complexity index is 1200. The Balaban J connectivity index is 1.81. The molecular formula is C20H14F3N3OS. The minimum atomic E-state index is -4.40. The van der Waals surface area contributed by atoms with E-state index in [2.05, 4.69) is 10.1 Å². The number of nitrogens with zero attached hydrogens (tertiary/aromatic N) is 3. The van der Waals surface area contributed by atoms with Crippen molar-refractivity contribution < 1.29 is 13.2 Å². The topological polar surface area (TPSA) is 47.8 Å². The first-order valence-corrected chi connectivity index (χ1v) is 9.24. The molecule has 0 aliphatic heterocycles. The molecule has 0 saturated carbocycles. The highest BCUT2D eigenvalue weighted by Gasteiger charge is 2.30. The summed E-state index contributed by atoms with van der Waals surface area (Å²) in [5.41, 5.74) is 1.26. The zero-order valence-electron chi connectivity index (χ0n) is 14.7. The van der Waals surface area contributed by atoms with E-state index in [1.807, 2.05) is 37.3 Å². The van der Waals surface area contributed by atoms with Crippen molar-refractivity contribution in [3.8, 4) is 11.3 Å². The predicted molar refractivity (Wildman–Crippen MR) is 102 cm³/mol. The average molecular weight is 401 g/mol. The van der Waals surface area contributed by atoms with Crippen LogP contribution in [-0.4, -0.2) is 14.8 Å². The van der Waals surface area contributed by atoms with Crippen molar-refractivity contribution in [3.63, 3.8) is 0 Å². The van der Waals surface area contributed by atoms with Crippen LogP contribution in [-0.2, 0) is 12.7 Å². The lowest BCUT2D eigenvalue weighted by molar-refractivity contribution is -0.137. The van der Waals surface area contributed by atoms with Gasteiger partial charge in [0, 0.05) is 5.56 Å². The third-order valence-electron chi connectivity index (χ3n) is 4.27. The molecule has 0 aliphatic carbocycles. The highest BCUT2D eigenvalue weighted by molar-refractivity contribution is 7.19. The Kier molecular flexibility index (Phi) is 4.50. The Morgan fingerprint density at radius 2 is 1.71 bits per heavy atom. The third-order valence-corrected chi connectivity index (χ3v) is 5.25. The molecule has 142 valence electrons. The number of fused-ring (bicyclic) bond motifs is 1. The number of halogens is 3. The van der Waals surface area contributed by atoms with Gasteiger partial charge in [-0.25, -0.2) is 9.67 Å². The SMILES string of the molecule is Cc1nc2c(=O)n(Cc3ccc(C(F)(F)F)cc3)nc(-c3ccccc3)c2s1. The minimum absolute atomic E-state index is 0.0588. The zero-order chi connectivity index (χ0) is 19.9. The molecule has 0 spiro atoms. The van der Waals surface area contributed by atoms with Crippen molar-refractivity contribution >= 4 is 21.6 Å². The van der Waals surface area contributed by atoms with Gasteiger partial charge in [-0.2, -0.15) is 18.3 Å². The number of rotatable bonds is 3. The van der Waals surface area contributed by atoms with Gasteiger partial charge < -0.3 is 0 Å². The Labute approximate surface area is 161 Å². The number of benzene rings is 2. The summed E-state index contributed by atoms with van der Waals surface area (Å²) in [6, 6.07) is 14.1. The second kappa shape index (κ2) is 6.87. The lowest BCUT2D eigenvalue weighted by atomic mass is 10.1. The summed E-state index contributed by atoms with van der Waals surface area (Å²) in [7, 11) is 0. The quantitative estimate of drug-likeness (QED) is 0.491. The second-order valence-corrected chi connectivity index (χ2v) is 7.49. The van der Waals surface area contributed by atoms with E-state index in [1.54, 1.807) is 0 Å². The first-order chi connectivity index (χ1) is 13.3. The summed E-state index contributed by atoms with van der Waals surface area (Å²) in [5, 5.41) is 5.25. The van der Waals surface area contributed by atoms with E-state index in [9.17, 15) is 18.0 Å². The van der Waals surface area contributed by atoms with Crippen molar-refractivity contribution in [2.24, 2.45) is 0 Å². The van der Waals surface area contributed by atoms with Gasteiger partial charge in [0.2, 0.25) is 0 Å². The Hall–Kier alpha value is -3.00. The van der Waals surface area contributed by atoms with E-state index in [4.69, 9.17) is 0 Å². The van der Waals surface area contributed by atoms with Crippen molar-refractivity contribution in [1.29, 1.82) is 0 Å². The van der Waals surface area contributed by atoms with E-state index in [-0.39, 0.29) is 12.1 Å². The average Bonchev–Trinajstić information content (AvgIpc) is 3.06. The number of hydrogen-bond acceptors (Lipinski definition) is 4. The minimum Gasteiger partial charge on any atom is -0.265 e. The van der Waals surface area contributed by atoms with Crippen LogP contribution in [0.3, 0.4) is 0 Å². The maximum Gasteiger partial charge on any atom is 0.416 e. The van der Waals surface area contributed by atoms with Crippen LogP contribution >= 0.6 is 11.3 Å². The van der Waals surface area contributed by atoms with Crippen LogP contribution in [0.15, 0.2) is 59.4 Å². The van der Waals surface area contributed by atoms with Gasteiger partial charge in [0.1, 0.15) is 5.69 Å². The Morgan fingerprint density at radius 1 is 1.04 bits per heavy atom. The fraction of sp³-hybridized carbons (Fsp3) is 0.150. The molecule has 4 aromatic rings. The summed E-state index contributed by atoms with van der Waals surface area (Å²) in [6.45, 7) is 1.88. The van der Waals surface area contributed by atoms with Crippen LogP contribution in [0.2, 0.25) is 0 Å². The molecule has 0 radical (unpaired) electrons. The van der Waals surface area contributed by atoms with E-state index >= 15 is 0 Å². The molecule has 28 heavy (non-hydrogen) atoms. The van der Waals surface area contributed by atoms with E-state index in [0.29, 0.717) is 21.5 Å². The largest absolute Gasteiger partial charge is 0.416 e. The van der Waals surface area contributed by atoms with Crippen LogP contribution in [0.1, 0.15) is 16.1 Å². The first-order valence-electron chi connectivity index (χ1n) is 8.43. The number of aromatic nitrogens is 3. The lowest BCUT2D eigenvalue weighted by Crippen LogP contribution is -2.24. The summed E-state index contributed by atoms with van der Waals surface area (Å²) >= 11 is 1.40. The molecule has 0 fully saturated rings. The lowest BCUT2D eigenvalue weighted by Gasteiger charge is -2.10. The van der Waals surface area contributed by atoms with Crippen LogP contribution in [0, 0.1) is 6.92 Å². The van der Waals surface area contributed by atoms with E-state index in [0.717, 1.165) is 22.7 Å². The van der Waals surface area contributed by atoms with E-state index in [1.165, 1.54) is 28.2 Å². The van der Waals surface area contributed by atoms with Crippen LogP contribution < -0.4 is 5.56 Å². The highest BCUT2D eigenvalue weighted by atomic mass is 32.1. The van der Waals surface area contributed by atoms with Gasteiger partial charge >= 0.3 is 6.18 Å². The fourth-order valence-electron chi connectivity index (χ4n) is 2.93. The molecule has 4 rings (SSSR count). The van der Waals surface area contributed by atoms with Gasteiger partial charge in [-0.05, 0) is 24.6 Å². The molecule has 0 unspecified atom stereocenters. The zero-order valence-corrected chi connectivity index (χ0v) is 15.5. The van der Waals surface area contributed by atoms with Gasteiger partial charge in [-0.15, -0.1) is 11.3 Å². The molecule has 2 aromatic carbocycles. The first kappa shape index (κ1) is 18.4. The normalized spacial score (nSPS) is 11.9. The van der Waals surface area contributed by atoms with Crippen LogP contribution in [0.5, 0.6) is 0 Å². The molecule has 0 N–H and O–H groups in total. The highest BCUT2D eigenvalue weighted by Crippen LogP contribution is 2.30. The predicted octanol–water partition coefficient (Wildman–Crippen LogP) is 4.90. The van der Waals surface area contributed by atoms with Crippen molar-refractivity contribution in [3.05, 3.63) is 81.1 Å². The molecule has 0 aliphatic rings. The van der Waals surface area contributed by atoms with Gasteiger partial charge in [0.25, 0.3) is 5.56 Å². The standard InChI is InChI=1S/C20H14F3N3OS/c1-12-24-17-18(28-12)16(14-5-3-2-4-6-14)25-26(19(17)27)11-13-7-9-15(10-8-13)20(21,22)23/h2-10H,11H2,1H3. The van der Waals surface area contributed by atoms with Gasteiger partial charge in [-0.3, -0.25) is 4.79 Å². The number of hydrogen-bond donors (Lipinski definition) is 0. The van der Waals surface area contributed by atoms with Gasteiger partial charge in [0.05, 0.1) is 21.8 Å². The Morgan fingerprint density at radius 3 is 2.36 bits per heavy atom. The third kappa shape index (κ3) is 3.43. The van der Waals surface area contributed by atoms with Crippen molar-refractivity contribution in [2.45, 2.75) is 19.6 Å². The van der Waals surface area contributed by atoms with Gasteiger partial charge in [0.15, 0.2) is 5.52 Å². The number of alkyl halides is 3. The molecule has 2 aromatic heterocycles. The molecule has 0 atom stereocenters. The van der Waals surface area contributed by atoms with Crippen molar-refractivity contribution in [1.82, 2.24) is 14.8 Å². The molecule has 4 nitrogen and oxygen atoms in total. The molecule has 0 bridgehead atoms. The summed E-state index contributed by atoms with van der Waals surface area (Å²) in [5.74, 6) is 0. The van der Waals surface area contributed by atoms with E-state index < -0.39 is 11.7 Å². The molecular weight excluding hydrogens is 387 g/mol. The molecule has 0 saturated heterocycles. The van der Waals surface area contributed by atoms with Crippen molar-refractivity contribution in [2.75, 3.05) is 0 Å². The molecule has 0 amide bonds. The maximum absolute atomic E-state index is 12.8. The summed E-state index contributed by atoms with van der Waals surface area (Å²) < 4.78 is 40.2.